The molecule has 6 nitrogen and oxygen atoms in total. The van der Waals surface area contributed by atoms with E-state index >= 15 is 0 Å². The number of hydrogen-bond donors (Lipinski definition) is 2. The molecule has 2 N–H and O–H groups in total. The lowest BCUT2D eigenvalue weighted by Crippen LogP contribution is -2.30. The maximum atomic E-state index is 11.3. The Morgan fingerprint density at radius 3 is 2.41 bits per heavy atom. The molecule has 1 aliphatic heterocycles. The van der Waals surface area contributed by atoms with Crippen LogP contribution in [-0.2, 0) is 0 Å². The molecule has 0 saturated carbocycles. The first-order chi connectivity index (χ1) is 16.4. The summed E-state index contributed by atoms with van der Waals surface area (Å²) in [5, 5.41) is 13.4. The highest BCUT2D eigenvalue weighted by molar-refractivity contribution is 7.80. The minimum atomic E-state index is -0.944. The van der Waals surface area contributed by atoms with Crippen LogP contribution in [0.3, 0.4) is 0 Å². The van der Waals surface area contributed by atoms with Crippen molar-refractivity contribution in [1.29, 1.82) is 0 Å². The van der Waals surface area contributed by atoms with Gasteiger partial charge in [-0.1, -0.05) is 12.1 Å². The Morgan fingerprint density at radius 1 is 0.971 bits per heavy atom. The molecular formula is C27H24N4O2S. The first-order valence-corrected chi connectivity index (χ1v) is 11.4. The third kappa shape index (κ3) is 3.84. The first-order valence-electron chi connectivity index (χ1n) is 11.0. The average molecular weight is 469 g/mol. The van der Waals surface area contributed by atoms with Crippen molar-refractivity contribution in [3.05, 3.63) is 113 Å². The Balaban J connectivity index is 1.65. The predicted molar refractivity (Wildman–Crippen MR) is 137 cm³/mol. The topological polar surface area (TPSA) is 70.4 Å². The maximum Gasteiger partial charge on any atom is 0.335 e. The Morgan fingerprint density at radius 2 is 1.74 bits per heavy atom. The van der Waals surface area contributed by atoms with Crippen molar-refractivity contribution in [3.8, 4) is 5.69 Å². The van der Waals surface area contributed by atoms with Crippen LogP contribution in [-0.4, -0.2) is 25.7 Å². The molecule has 0 aliphatic carbocycles. The van der Waals surface area contributed by atoms with Gasteiger partial charge in [0.05, 0.1) is 17.3 Å². The number of nitrogens with zero attached hydrogens (tertiary/aromatic N) is 3. The number of carbonyl (C=O) groups is 1. The number of pyridine rings is 1. The summed E-state index contributed by atoms with van der Waals surface area (Å²) in [5.74, 6) is -0.944. The highest BCUT2D eigenvalue weighted by atomic mass is 32.1. The number of benzene rings is 2. The van der Waals surface area contributed by atoms with Crippen molar-refractivity contribution in [2.45, 2.75) is 25.9 Å². The van der Waals surface area contributed by atoms with Crippen molar-refractivity contribution in [2.75, 3.05) is 4.90 Å². The van der Waals surface area contributed by atoms with Gasteiger partial charge in [-0.05, 0) is 97.9 Å². The Hall–Kier alpha value is -3.97. The van der Waals surface area contributed by atoms with Gasteiger partial charge >= 0.3 is 5.97 Å². The number of thiocarbonyl (C=S) groups is 1. The van der Waals surface area contributed by atoms with Crippen molar-refractivity contribution in [1.82, 2.24) is 14.9 Å². The molecule has 0 amide bonds. The Bertz CT molecular complexity index is 1370. The van der Waals surface area contributed by atoms with E-state index in [2.05, 4.69) is 57.9 Å². The van der Waals surface area contributed by atoms with E-state index in [1.807, 2.05) is 42.6 Å². The number of carboxylic acids is 1. The van der Waals surface area contributed by atoms with Gasteiger partial charge in [-0.3, -0.25) is 4.98 Å². The summed E-state index contributed by atoms with van der Waals surface area (Å²) >= 11 is 5.84. The molecule has 3 heterocycles. The molecule has 0 bridgehead atoms. The molecule has 170 valence electrons. The van der Waals surface area contributed by atoms with E-state index in [9.17, 15) is 9.90 Å². The monoisotopic (exact) mass is 468 g/mol. The molecular weight excluding hydrogens is 444 g/mol. The van der Waals surface area contributed by atoms with E-state index in [0.717, 1.165) is 22.8 Å². The minimum Gasteiger partial charge on any atom is -0.478 e. The van der Waals surface area contributed by atoms with Crippen molar-refractivity contribution >= 4 is 29.0 Å². The van der Waals surface area contributed by atoms with Crippen LogP contribution in [0.2, 0.25) is 0 Å². The van der Waals surface area contributed by atoms with E-state index in [1.54, 1.807) is 18.3 Å². The van der Waals surface area contributed by atoms with Crippen molar-refractivity contribution in [2.24, 2.45) is 0 Å². The Kier molecular flexibility index (Phi) is 5.63. The maximum absolute atomic E-state index is 11.3. The van der Waals surface area contributed by atoms with Gasteiger partial charge in [-0.2, -0.15) is 0 Å². The standard InChI is InChI=1S/C27H24N4O2S/c1-17-8-11-21(16-18(17)2)31-25(24(29-27(31)34)22-6-3-4-14-28-22)23-7-5-15-30(23)20-12-9-19(10-13-20)26(32)33/h3-16,24-25H,1-2H3,(H,29,34)(H,32,33). The summed E-state index contributed by atoms with van der Waals surface area (Å²) in [6.07, 6.45) is 3.78. The summed E-state index contributed by atoms with van der Waals surface area (Å²) in [4.78, 5) is 18.1. The predicted octanol–water partition coefficient (Wildman–Crippen LogP) is 5.36. The molecule has 2 atom stereocenters. The van der Waals surface area contributed by atoms with Gasteiger partial charge in [0, 0.05) is 29.5 Å². The normalized spacial score (nSPS) is 17.6. The highest BCUT2D eigenvalue weighted by Crippen LogP contribution is 2.42. The number of hydrogen-bond acceptors (Lipinski definition) is 3. The summed E-state index contributed by atoms with van der Waals surface area (Å²) in [7, 11) is 0. The van der Waals surface area contributed by atoms with Crippen LogP contribution in [0.25, 0.3) is 5.69 Å². The Labute approximate surface area is 203 Å². The SMILES string of the molecule is Cc1ccc(N2C(=S)NC(c3ccccn3)C2c2cccn2-c2ccc(C(=O)O)cc2)cc1C. The van der Waals surface area contributed by atoms with Crippen LogP contribution in [0.1, 0.15) is 45.0 Å². The van der Waals surface area contributed by atoms with Crippen LogP contribution in [0.4, 0.5) is 5.69 Å². The molecule has 2 aromatic carbocycles. The fourth-order valence-electron chi connectivity index (χ4n) is 4.44. The number of rotatable bonds is 5. The van der Waals surface area contributed by atoms with E-state index in [4.69, 9.17) is 12.2 Å². The van der Waals surface area contributed by atoms with Crippen molar-refractivity contribution < 1.29 is 9.90 Å². The number of nitrogens with one attached hydrogen (secondary N) is 1. The lowest BCUT2D eigenvalue weighted by molar-refractivity contribution is 0.0697. The third-order valence-corrected chi connectivity index (χ3v) is 6.66. The van der Waals surface area contributed by atoms with Gasteiger partial charge in [0.2, 0.25) is 0 Å². The molecule has 1 saturated heterocycles. The number of aromatic nitrogens is 2. The summed E-state index contributed by atoms with van der Waals surface area (Å²) in [6, 6.07) is 22.9. The fraction of sp³-hybridized carbons (Fsp3) is 0.148. The molecule has 7 heteroatoms. The molecule has 0 spiro atoms. The van der Waals surface area contributed by atoms with Gasteiger partial charge in [-0.15, -0.1) is 0 Å². The van der Waals surface area contributed by atoms with Gasteiger partial charge in [-0.25, -0.2) is 4.79 Å². The number of aromatic carboxylic acids is 1. The van der Waals surface area contributed by atoms with E-state index in [-0.39, 0.29) is 17.6 Å². The molecule has 34 heavy (non-hydrogen) atoms. The van der Waals surface area contributed by atoms with Crippen molar-refractivity contribution in [3.63, 3.8) is 0 Å². The van der Waals surface area contributed by atoms with Gasteiger partial charge < -0.3 is 19.9 Å². The first kappa shape index (κ1) is 21.9. The summed E-state index contributed by atoms with van der Waals surface area (Å²) in [6.45, 7) is 4.20. The summed E-state index contributed by atoms with van der Waals surface area (Å²) in [5.41, 5.74) is 6.48. The van der Waals surface area contributed by atoms with Gasteiger partial charge in [0.15, 0.2) is 5.11 Å². The van der Waals surface area contributed by atoms with Gasteiger partial charge in [0.1, 0.15) is 6.04 Å². The largest absolute Gasteiger partial charge is 0.478 e. The van der Waals surface area contributed by atoms with E-state index in [1.165, 1.54) is 11.1 Å². The molecule has 2 unspecified atom stereocenters. The van der Waals surface area contributed by atoms with Crippen LogP contribution in [0, 0.1) is 13.8 Å². The second-order valence-corrected chi connectivity index (χ2v) is 8.81. The molecule has 0 radical (unpaired) electrons. The minimum absolute atomic E-state index is 0.165. The van der Waals surface area contributed by atoms with Crippen LogP contribution in [0.15, 0.2) is 85.2 Å². The quantitative estimate of drug-likeness (QED) is 0.384. The zero-order chi connectivity index (χ0) is 23.8. The van der Waals surface area contributed by atoms with E-state index in [0.29, 0.717) is 5.11 Å². The molecule has 1 aliphatic rings. The van der Waals surface area contributed by atoms with E-state index < -0.39 is 5.97 Å². The number of anilines is 1. The summed E-state index contributed by atoms with van der Waals surface area (Å²) < 4.78 is 2.08. The smallest absolute Gasteiger partial charge is 0.335 e. The van der Waals surface area contributed by atoms with Crippen LogP contribution < -0.4 is 10.2 Å². The number of aryl methyl sites for hydroxylation is 2. The zero-order valence-electron chi connectivity index (χ0n) is 18.8. The van der Waals surface area contributed by atoms with Crippen LogP contribution in [0.5, 0.6) is 0 Å². The highest BCUT2D eigenvalue weighted by Gasteiger charge is 2.42. The number of carboxylic acid groups (broad SMARTS) is 1. The lowest BCUT2D eigenvalue weighted by Gasteiger charge is -2.29. The van der Waals surface area contributed by atoms with Gasteiger partial charge in [0.25, 0.3) is 0 Å². The second kappa shape index (κ2) is 8.76. The molecule has 4 aromatic rings. The van der Waals surface area contributed by atoms with Crippen LogP contribution >= 0.6 is 12.2 Å². The second-order valence-electron chi connectivity index (χ2n) is 8.42. The lowest BCUT2D eigenvalue weighted by atomic mass is 10.00. The third-order valence-electron chi connectivity index (χ3n) is 6.34. The molecule has 2 aromatic heterocycles. The molecule has 5 rings (SSSR count). The fourth-order valence-corrected chi connectivity index (χ4v) is 4.79. The zero-order valence-corrected chi connectivity index (χ0v) is 19.7. The average Bonchev–Trinajstić information content (AvgIpc) is 3.46. The molecule has 1 fully saturated rings.